The Labute approximate surface area is 182 Å². The second-order valence-electron chi connectivity index (χ2n) is 8.71. The second-order valence-corrected chi connectivity index (χ2v) is 8.71. The van der Waals surface area contributed by atoms with Gasteiger partial charge in [0.1, 0.15) is 5.82 Å². The number of carbonyl (C=O) groups is 2. The van der Waals surface area contributed by atoms with Crippen LogP contribution in [0.25, 0.3) is 0 Å². The highest BCUT2D eigenvalue weighted by Gasteiger charge is 2.46. The van der Waals surface area contributed by atoms with Crippen molar-refractivity contribution < 1.29 is 14.3 Å². The number of Topliss-reactive ketones (excluding diaryl/α,β-unsaturated/α-hetero) is 1. The van der Waals surface area contributed by atoms with Gasteiger partial charge in [-0.25, -0.2) is 4.79 Å². The van der Waals surface area contributed by atoms with Crippen LogP contribution in [0, 0.1) is 5.41 Å². The summed E-state index contributed by atoms with van der Waals surface area (Å²) in [7, 11) is 0. The number of carbonyl (C=O) groups excluding carboxylic acids is 2. The highest BCUT2D eigenvalue weighted by molar-refractivity contribution is 6.05. The fourth-order valence-corrected chi connectivity index (χ4v) is 4.57. The molecule has 1 atom stereocenters. The fourth-order valence-electron chi connectivity index (χ4n) is 4.57. The van der Waals surface area contributed by atoms with E-state index in [1.54, 1.807) is 25.4 Å². The fraction of sp³-hybridized carbons (Fsp3) is 0.320. The van der Waals surface area contributed by atoms with Crippen molar-refractivity contribution in [3.63, 3.8) is 0 Å². The van der Waals surface area contributed by atoms with E-state index < -0.39 is 11.9 Å². The van der Waals surface area contributed by atoms with Crippen molar-refractivity contribution in [2.24, 2.45) is 11.1 Å². The van der Waals surface area contributed by atoms with Crippen LogP contribution in [0.5, 0.6) is 0 Å². The summed E-state index contributed by atoms with van der Waals surface area (Å²) in [5.74, 6) is -0.802. The van der Waals surface area contributed by atoms with E-state index in [4.69, 9.17) is 10.5 Å². The van der Waals surface area contributed by atoms with Gasteiger partial charge in [-0.3, -0.25) is 14.7 Å². The lowest BCUT2D eigenvalue weighted by molar-refractivity contribution is -0.138. The van der Waals surface area contributed by atoms with E-state index in [0.29, 0.717) is 24.2 Å². The maximum atomic E-state index is 13.5. The van der Waals surface area contributed by atoms with Crippen LogP contribution in [0.1, 0.15) is 45.1 Å². The van der Waals surface area contributed by atoms with Gasteiger partial charge in [0.15, 0.2) is 5.78 Å². The van der Waals surface area contributed by atoms with Crippen molar-refractivity contribution in [2.45, 2.75) is 39.5 Å². The minimum Gasteiger partial charge on any atom is -0.463 e. The summed E-state index contributed by atoms with van der Waals surface area (Å²) in [5.41, 5.74) is 9.76. The Morgan fingerprint density at radius 2 is 1.94 bits per heavy atom. The van der Waals surface area contributed by atoms with Gasteiger partial charge in [-0.15, -0.1) is 0 Å². The predicted octanol–water partition coefficient (Wildman–Crippen LogP) is 4.06. The molecule has 0 spiro atoms. The Morgan fingerprint density at radius 3 is 2.58 bits per heavy atom. The number of allylic oxidation sites excluding steroid dienone is 2. The van der Waals surface area contributed by atoms with Crippen molar-refractivity contribution in [1.82, 2.24) is 4.98 Å². The zero-order chi connectivity index (χ0) is 22.2. The summed E-state index contributed by atoms with van der Waals surface area (Å²) in [6, 6.07) is 13.3. The molecule has 0 radical (unpaired) electrons. The number of hydrogen-bond donors (Lipinski definition) is 1. The maximum Gasteiger partial charge on any atom is 0.338 e. The lowest BCUT2D eigenvalue weighted by Gasteiger charge is -2.44. The number of benzene rings is 1. The molecule has 1 aliphatic heterocycles. The average molecular weight is 418 g/mol. The van der Waals surface area contributed by atoms with Crippen LogP contribution in [-0.4, -0.2) is 23.3 Å². The van der Waals surface area contributed by atoms with Crippen molar-refractivity contribution in [2.75, 3.05) is 11.5 Å². The number of hydrogen-bond acceptors (Lipinski definition) is 6. The third-order valence-electron chi connectivity index (χ3n) is 5.79. The number of pyridine rings is 1. The van der Waals surface area contributed by atoms with Gasteiger partial charge in [0.2, 0.25) is 0 Å². The van der Waals surface area contributed by atoms with Gasteiger partial charge in [0, 0.05) is 35.8 Å². The first kappa shape index (κ1) is 20.8. The number of ketones is 1. The zero-order valence-corrected chi connectivity index (χ0v) is 18.1. The molecule has 0 saturated carbocycles. The molecule has 6 heteroatoms. The summed E-state index contributed by atoms with van der Waals surface area (Å²) in [5, 5.41) is 0. The number of anilines is 1. The summed E-state index contributed by atoms with van der Waals surface area (Å²) >= 11 is 0. The third kappa shape index (κ3) is 3.74. The van der Waals surface area contributed by atoms with Gasteiger partial charge >= 0.3 is 5.97 Å². The van der Waals surface area contributed by atoms with E-state index in [2.05, 4.69) is 18.8 Å². The number of ether oxygens (including phenoxy) is 1. The molecule has 0 fully saturated rings. The Kier molecular flexibility index (Phi) is 5.39. The lowest BCUT2D eigenvalue weighted by atomic mass is 9.68. The first-order chi connectivity index (χ1) is 14.8. The van der Waals surface area contributed by atoms with Gasteiger partial charge in [-0.1, -0.05) is 38.1 Å². The van der Waals surface area contributed by atoms with E-state index in [1.807, 2.05) is 41.3 Å². The largest absolute Gasteiger partial charge is 0.463 e. The Hall–Kier alpha value is -3.41. The molecule has 1 aliphatic carbocycles. The topological polar surface area (TPSA) is 85.5 Å². The van der Waals surface area contributed by atoms with E-state index in [9.17, 15) is 9.59 Å². The first-order valence-electron chi connectivity index (χ1n) is 10.5. The molecule has 31 heavy (non-hydrogen) atoms. The van der Waals surface area contributed by atoms with Crippen LogP contribution in [-0.2, 0) is 14.3 Å². The number of esters is 1. The van der Waals surface area contributed by atoms with Crippen molar-refractivity contribution in [3.8, 4) is 0 Å². The van der Waals surface area contributed by atoms with Crippen LogP contribution in [0.3, 0.4) is 0 Å². The molecule has 2 aliphatic rings. The highest BCUT2D eigenvalue weighted by Crippen LogP contribution is 2.50. The average Bonchev–Trinajstić information content (AvgIpc) is 2.73. The van der Waals surface area contributed by atoms with Crippen LogP contribution < -0.4 is 10.6 Å². The minimum absolute atomic E-state index is 0.0235. The number of rotatable bonds is 4. The summed E-state index contributed by atoms with van der Waals surface area (Å²) < 4.78 is 5.39. The molecule has 0 bridgehead atoms. The number of nitrogens with two attached hydrogens (primary N) is 1. The van der Waals surface area contributed by atoms with Crippen molar-refractivity contribution >= 4 is 17.4 Å². The molecule has 2 heterocycles. The van der Waals surface area contributed by atoms with E-state index in [1.165, 1.54) is 0 Å². The first-order valence-corrected chi connectivity index (χ1v) is 10.5. The highest BCUT2D eigenvalue weighted by atomic mass is 16.5. The van der Waals surface area contributed by atoms with Crippen LogP contribution in [0.2, 0.25) is 0 Å². The maximum absolute atomic E-state index is 13.5. The normalized spacial score (nSPS) is 20.5. The molecule has 6 nitrogen and oxygen atoms in total. The lowest BCUT2D eigenvalue weighted by Crippen LogP contribution is -2.43. The Balaban J connectivity index is 2.01. The van der Waals surface area contributed by atoms with Crippen LogP contribution >= 0.6 is 0 Å². The third-order valence-corrected chi connectivity index (χ3v) is 5.79. The molecule has 4 rings (SSSR count). The smallest absolute Gasteiger partial charge is 0.338 e. The van der Waals surface area contributed by atoms with Crippen molar-refractivity contribution in [3.05, 3.63) is 83.1 Å². The Morgan fingerprint density at radius 1 is 1.19 bits per heavy atom. The molecule has 0 unspecified atom stereocenters. The predicted molar refractivity (Wildman–Crippen MR) is 119 cm³/mol. The molecule has 1 aromatic heterocycles. The van der Waals surface area contributed by atoms with E-state index >= 15 is 0 Å². The minimum atomic E-state index is -0.605. The second kappa shape index (κ2) is 8.02. The molecular weight excluding hydrogens is 390 g/mol. The zero-order valence-electron chi connectivity index (χ0n) is 18.1. The van der Waals surface area contributed by atoms with Gasteiger partial charge in [-0.2, -0.15) is 0 Å². The van der Waals surface area contributed by atoms with Gasteiger partial charge in [0.05, 0.1) is 18.1 Å². The van der Waals surface area contributed by atoms with E-state index in [-0.39, 0.29) is 23.4 Å². The molecule has 0 amide bonds. The molecule has 2 aromatic rings. The van der Waals surface area contributed by atoms with Crippen LogP contribution in [0.4, 0.5) is 5.69 Å². The molecule has 0 saturated heterocycles. The van der Waals surface area contributed by atoms with Gasteiger partial charge in [-0.05, 0) is 42.5 Å². The van der Waals surface area contributed by atoms with Crippen LogP contribution in [0.15, 0.2) is 77.5 Å². The molecule has 160 valence electrons. The SMILES string of the molecule is CCOC(=O)C1=C(N)N(c2ccccc2)C2=C(C(=O)CC(C)(C)C2)[C@@H]1c1cccnc1. The summed E-state index contributed by atoms with van der Waals surface area (Å²) in [6.07, 6.45) is 4.42. The summed E-state index contributed by atoms with van der Waals surface area (Å²) in [6.45, 7) is 6.13. The summed E-state index contributed by atoms with van der Waals surface area (Å²) in [4.78, 5) is 32.7. The Bertz CT molecular complexity index is 1070. The van der Waals surface area contributed by atoms with Gasteiger partial charge in [0.25, 0.3) is 0 Å². The number of nitrogens with zero attached hydrogens (tertiary/aromatic N) is 2. The molecular formula is C25H27N3O3. The molecule has 1 aromatic carbocycles. The standard InChI is InChI=1S/C25H27N3O3/c1-4-31-24(30)22-20(16-9-8-12-27-15-16)21-18(13-25(2,3)14-19(21)29)28(23(22)26)17-10-6-5-7-11-17/h5-12,15,20H,4,13-14,26H2,1-3H3/t20-/m0/s1. The van der Waals surface area contributed by atoms with Crippen molar-refractivity contribution in [1.29, 1.82) is 0 Å². The quantitative estimate of drug-likeness (QED) is 0.755. The van der Waals surface area contributed by atoms with E-state index in [0.717, 1.165) is 16.9 Å². The molecule has 2 N–H and O–H groups in total. The van der Waals surface area contributed by atoms with Gasteiger partial charge < -0.3 is 10.5 Å². The number of para-hydroxylation sites is 1. The monoisotopic (exact) mass is 417 g/mol. The number of aromatic nitrogens is 1.